The highest BCUT2D eigenvalue weighted by molar-refractivity contribution is 5.98. The predicted molar refractivity (Wildman–Crippen MR) is 150 cm³/mol. The summed E-state index contributed by atoms with van der Waals surface area (Å²) < 4.78 is 0. The van der Waals surface area contributed by atoms with E-state index in [-0.39, 0.29) is 0 Å². The van der Waals surface area contributed by atoms with Crippen LogP contribution in [0.3, 0.4) is 0 Å². The zero-order valence-electron chi connectivity index (χ0n) is 19.8. The summed E-state index contributed by atoms with van der Waals surface area (Å²) in [4.78, 5) is 0. The second-order valence-electron chi connectivity index (χ2n) is 9.14. The Labute approximate surface area is 207 Å². The number of aryl methyl sites for hydroxylation is 1. The highest BCUT2D eigenvalue weighted by Gasteiger charge is 2.10. The predicted octanol–water partition coefficient (Wildman–Crippen LogP) is 9.82. The molecule has 0 spiro atoms. The van der Waals surface area contributed by atoms with Crippen LogP contribution in [-0.4, -0.2) is 0 Å². The summed E-state index contributed by atoms with van der Waals surface area (Å²) in [6, 6.07) is 50.5. The molecular formula is C35H26. The van der Waals surface area contributed by atoms with Crippen molar-refractivity contribution in [3.63, 3.8) is 0 Å². The van der Waals surface area contributed by atoms with Crippen molar-refractivity contribution < 1.29 is 0 Å². The van der Waals surface area contributed by atoms with Crippen LogP contribution in [0, 0.1) is 6.92 Å². The zero-order chi connectivity index (χ0) is 23.6. The van der Waals surface area contributed by atoms with Gasteiger partial charge in [0.25, 0.3) is 0 Å². The molecule has 0 aromatic heterocycles. The fourth-order valence-electron chi connectivity index (χ4n) is 4.85. The molecular weight excluding hydrogens is 420 g/mol. The topological polar surface area (TPSA) is 0 Å². The Balaban J connectivity index is 1.55. The Morgan fingerprint density at radius 1 is 0.343 bits per heavy atom. The molecule has 6 aromatic rings. The molecule has 0 amide bonds. The normalized spacial score (nSPS) is 11.0. The second kappa shape index (κ2) is 9.08. The van der Waals surface area contributed by atoms with Gasteiger partial charge >= 0.3 is 0 Å². The standard InChI is InChI=1S/C35H26/c1-25-17-19-27(20-18-25)29-13-7-14-30(21-29)32-22-31(26-9-3-2-4-10-26)23-33(24-32)35-16-8-12-28-11-5-6-15-34(28)35/h2-24H,1H3. The first kappa shape index (κ1) is 21.1. The lowest BCUT2D eigenvalue weighted by Gasteiger charge is -2.14. The van der Waals surface area contributed by atoms with Crippen LogP contribution in [0.15, 0.2) is 140 Å². The Hall–Kier alpha value is -4.42. The van der Waals surface area contributed by atoms with Gasteiger partial charge in [-0.15, -0.1) is 0 Å². The number of hydrogen-bond acceptors (Lipinski definition) is 0. The summed E-state index contributed by atoms with van der Waals surface area (Å²) in [5, 5.41) is 2.54. The molecule has 35 heavy (non-hydrogen) atoms. The number of rotatable bonds is 4. The molecule has 0 aliphatic rings. The summed E-state index contributed by atoms with van der Waals surface area (Å²) in [6.07, 6.45) is 0. The molecule has 0 N–H and O–H groups in total. The number of fused-ring (bicyclic) bond motifs is 1. The molecule has 0 heteroatoms. The molecule has 0 bridgehead atoms. The highest BCUT2D eigenvalue weighted by Crippen LogP contribution is 2.36. The smallest absolute Gasteiger partial charge is 0.0105 e. The van der Waals surface area contributed by atoms with E-state index >= 15 is 0 Å². The van der Waals surface area contributed by atoms with Gasteiger partial charge in [0.15, 0.2) is 0 Å². The van der Waals surface area contributed by atoms with E-state index in [2.05, 4.69) is 146 Å². The van der Waals surface area contributed by atoms with Crippen molar-refractivity contribution in [1.29, 1.82) is 0 Å². The van der Waals surface area contributed by atoms with E-state index in [1.54, 1.807) is 0 Å². The third-order valence-electron chi connectivity index (χ3n) is 6.72. The first-order chi connectivity index (χ1) is 17.2. The third kappa shape index (κ3) is 4.27. The molecule has 0 nitrogen and oxygen atoms in total. The average molecular weight is 447 g/mol. The van der Waals surface area contributed by atoms with E-state index in [9.17, 15) is 0 Å². The lowest BCUT2D eigenvalue weighted by Crippen LogP contribution is -1.88. The molecule has 0 atom stereocenters. The minimum absolute atomic E-state index is 1.22. The maximum Gasteiger partial charge on any atom is -0.0105 e. The third-order valence-corrected chi connectivity index (χ3v) is 6.72. The van der Waals surface area contributed by atoms with E-state index in [0.29, 0.717) is 0 Å². The fourth-order valence-corrected chi connectivity index (χ4v) is 4.85. The van der Waals surface area contributed by atoms with Crippen molar-refractivity contribution in [3.8, 4) is 44.5 Å². The van der Waals surface area contributed by atoms with Crippen molar-refractivity contribution in [2.45, 2.75) is 6.92 Å². The molecule has 0 radical (unpaired) electrons. The van der Waals surface area contributed by atoms with Gasteiger partial charge in [0, 0.05) is 0 Å². The van der Waals surface area contributed by atoms with Gasteiger partial charge in [-0.1, -0.05) is 121 Å². The number of benzene rings is 6. The molecule has 0 unspecified atom stereocenters. The minimum Gasteiger partial charge on any atom is -0.0622 e. The Morgan fingerprint density at radius 2 is 0.857 bits per heavy atom. The van der Waals surface area contributed by atoms with E-state index in [1.807, 2.05) is 0 Å². The Bertz CT molecular complexity index is 1620. The van der Waals surface area contributed by atoms with Crippen LogP contribution >= 0.6 is 0 Å². The SMILES string of the molecule is Cc1ccc(-c2cccc(-c3cc(-c4ccccc4)cc(-c4cccc5ccccc45)c3)c2)cc1. The largest absolute Gasteiger partial charge is 0.0622 e. The molecule has 0 saturated carbocycles. The second-order valence-corrected chi connectivity index (χ2v) is 9.14. The van der Waals surface area contributed by atoms with Crippen LogP contribution in [0.5, 0.6) is 0 Å². The summed E-state index contributed by atoms with van der Waals surface area (Å²) in [7, 11) is 0. The molecule has 6 rings (SSSR count). The van der Waals surface area contributed by atoms with Gasteiger partial charge in [0.05, 0.1) is 0 Å². The number of hydrogen-bond donors (Lipinski definition) is 0. The van der Waals surface area contributed by atoms with Gasteiger partial charge in [-0.3, -0.25) is 0 Å². The van der Waals surface area contributed by atoms with Gasteiger partial charge < -0.3 is 0 Å². The van der Waals surface area contributed by atoms with Crippen molar-refractivity contribution in [2.75, 3.05) is 0 Å². The summed E-state index contributed by atoms with van der Waals surface area (Å²) in [6.45, 7) is 2.13. The van der Waals surface area contributed by atoms with Crippen LogP contribution in [0.1, 0.15) is 5.56 Å². The maximum atomic E-state index is 2.34. The van der Waals surface area contributed by atoms with Crippen LogP contribution in [-0.2, 0) is 0 Å². The highest BCUT2D eigenvalue weighted by atomic mass is 14.1. The van der Waals surface area contributed by atoms with Crippen LogP contribution in [0.25, 0.3) is 55.3 Å². The fraction of sp³-hybridized carbons (Fsp3) is 0.0286. The molecule has 0 fully saturated rings. The van der Waals surface area contributed by atoms with Crippen molar-refractivity contribution >= 4 is 10.8 Å². The van der Waals surface area contributed by atoms with Crippen LogP contribution in [0.2, 0.25) is 0 Å². The van der Waals surface area contributed by atoms with Crippen molar-refractivity contribution in [1.82, 2.24) is 0 Å². The first-order valence-corrected chi connectivity index (χ1v) is 12.1. The van der Waals surface area contributed by atoms with E-state index in [1.165, 1.54) is 60.8 Å². The lowest BCUT2D eigenvalue weighted by atomic mass is 9.90. The van der Waals surface area contributed by atoms with Crippen molar-refractivity contribution in [3.05, 3.63) is 145 Å². The maximum absolute atomic E-state index is 2.34. The van der Waals surface area contributed by atoms with Gasteiger partial charge in [-0.2, -0.15) is 0 Å². The Morgan fingerprint density at radius 3 is 1.66 bits per heavy atom. The van der Waals surface area contributed by atoms with Gasteiger partial charge in [-0.05, 0) is 86.5 Å². The summed E-state index contributed by atoms with van der Waals surface area (Å²) >= 11 is 0. The molecule has 0 heterocycles. The molecule has 0 saturated heterocycles. The van der Waals surface area contributed by atoms with Crippen LogP contribution in [0.4, 0.5) is 0 Å². The van der Waals surface area contributed by atoms with Gasteiger partial charge in [0.2, 0.25) is 0 Å². The van der Waals surface area contributed by atoms with Crippen molar-refractivity contribution in [2.24, 2.45) is 0 Å². The quantitative estimate of drug-likeness (QED) is 0.253. The zero-order valence-corrected chi connectivity index (χ0v) is 19.8. The van der Waals surface area contributed by atoms with Gasteiger partial charge in [0.1, 0.15) is 0 Å². The molecule has 0 aliphatic heterocycles. The van der Waals surface area contributed by atoms with E-state index in [4.69, 9.17) is 0 Å². The summed E-state index contributed by atoms with van der Waals surface area (Å²) in [5.41, 5.74) is 11.2. The first-order valence-electron chi connectivity index (χ1n) is 12.1. The molecule has 0 aliphatic carbocycles. The minimum atomic E-state index is 1.22. The monoisotopic (exact) mass is 446 g/mol. The lowest BCUT2D eigenvalue weighted by molar-refractivity contribution is 1.47. The Kier molecular flexibility index (Phi) is 5.48. The van der Waals surface area contributed by atoms with E-state index in [0.717, 1.165) is 0 Å². The average Bonchev–Trinajstić information content (AvgIpc) is 2.93. The summed E-state index contributed by atoms with van der Waals surface area (Å²) in [5.74, 6) is 0. The van der Waals surface area contributed by atoms with Crippen LogP contribution < -0.4 is 0 Å². The molecule has 166 valence electrons. The molecule has 6 aromatic carbocycles. The van der Waals surface area contributed by atoms with Gasteiger partial charge in [-0.25, -0.2) is 0 Å². The van der Waals surface area contributed by atoms with E-state index < -0.39 is 0 Å².